The van der Waals surface area contributed by atoms with Gasteiger partial charge in [0.1, 0.15) is 0 Å². The Labute approximate surface area is 156 Å². The molecule has 0 radical (unpaired) electrons. The monoisotopic (exact) mass is 421 g/mol. The number of sulfone groups is 1. The topological polar surface area (TPSA) is 63.2 Å². The summed E-state index contributed by atoms with van der Waals surface area (Å²) in [6, 6.07) is 14.0. The number of hydrogen-bond donors (Lipinski definition) is 1. The lowest BCUT2D eigenvalue weighted by atomic mass is 10.1. The van der Waals surface area contributed by atoms with Crippen LogP contribution in [0.4, 0.5) is 5.69 Å². The molecule has 3 rings (SSSR count). The van der Waals surface area contributed by atoms with Crippen molar-refractivity contribution in [2.75, 3.05) is 5.32 Å². The van der Waals surface area contributed by atoms with E-state index in [1.54, 1.807) is 24.3 Å². The SMILES string of the molecule is O=C(Cc1ccc(Br)cc1)Nc1ccc(S(=O)(=O)C2CCCC2)cc1. The Balaban J connectivity index is 1.64. The molecule has 0 unspecified atom stereocenters. The highest BCUT2D eigenvalue weighted by molar-refractivity contribution is 9.10. The molecule has 6 heteroatoms. The first-order valence-electron chi connectivity index (χ1n) is 8.33. The summed E-state index contributed by atoms with van der Waals surface area (Å²) in [6.07, 6.45) is 3.72. The molecule has 0 heterocycles. The van der Waals surface area contributed by atoms with E-state index in [1.807, 2.05) is 24.3 Å². The molecule has 1 aliphatic carbocycles. The fraction of sp³-hybridized carbons (Fsp3) is 0.316. The second-order valence-corrected chi connectivity index (χ2v) is 9.47. The third kappa shape index (κ3) is 4.50. The molecule has 1 N–H and O–H groups in total. The van der Waals surface area contributed by atoms with Gasteiger partial charge in [-0.05, 0) is 54.8 Å². The zero-order valence-corrected chi connectivity index (χ0v) is 16.1. The summed E-state index contributed by atoms with van der Waals surface area (Å²) in [5, 5.41) is 2.55. The third-order valence-corrected chi connectivity index (χ3v) is 7.29. The number of anilines is 1. The van der Waals surface area contributed by atoms with E-state index in [0.717, 1.165) is 35.7 Å². The van der Waals surface area contributed by atoms with Crippen LogP contribution < -0.4 is 5.32 Å². The van der Waals surface area contributed by atoms with E-state index in [0.29, 0.717) is 10.6 Å². The minimum atomic E-state index is -3.25. The second kappa shape index (κ2) is 7.70. The van der Waals surface area contributed by atoms with Crippen LogP contribution in [-0.4, -0.2) is 19.6 Å². The van der Waals surface area contributed by atoms with Crippen molar-refractivity contribution in [2.24, 2.45) is 0 Å². The zero-order chi connectivity index (χ0) is 17.9. The van der Waals surface area contributed by atoms with E-state index in [1.165, 1.54) is 0 Å². The van der Waals surface area contributed by atoms with Crippen LogP contribution in [0.2, 0.25) is 0 Å². The number of carbonyl (C=O) groups excluding carboxylic acids is 1. The summed E-state index contributed by atoms with van der Waals surface area (Å²) in [7, 11) is -3.25. The highest BCUT2D eigenvalue weighted by atomic mass is 79.9. The van der Waals surface area contributed by atoms with Gasteiger partial charge in [-0.25, -0.2) is 8.42 Å². The minimum Gasteiger partial charge on any atom is -0.326 e. The Morgan fingerprint density at radius 3 is 2.20 bits per heavy atom. The van der Waals surface area contributed by atoms with Crippen LogP contribution in [-0.2, 0) is 21.1 Å². The molecule has 2 aromatic rings. The molecule has 1 aliphatic rings. The van der Waals surface area contributed by atoms with E-state index in [4.69, 9.17) is 0 Å². The Hall–Kier alpha value is -1.66. The predicted octanol–water partition coefficient (Wildman–Crippen LogP) is 4.35. The van der Waals surface area contributed by atoms with Gasteiger partial charge in [0, 0.05) is 10.2 Å². The van der Waals surface area contributed by atoms with Crippen LogP contribution in [0, 0.1) is 0 Å². The van der Waals surface area contributed by atoms with Gasteiger partial charge < -0.3 is 5.32 Å². The highest BCUT2D eigenvalue weighted by Gasteiger charge is 2.30. The fourth-order valence-corrected chi connectivity index (χ4v) is 5.23. The van der Waals surface area contributed by atoms with Crippen molar-refractivity contribution < 1.29 is 13.2 Å². The molecular weight excluding hydrogens is 402 g/mol. The smallest absolute Gasteiger partial charge is 0.228 e. The van der Waals surface area contributed by atoms with Gasteiger partial charge in [0.05, 0.1) is 16.6 Å². The molecule has 2 aromatic carbocycles. The molecule has 0 aliphatic heterocycles. The summed E-state index contributed by atoms with van der Waals surface area (Å²) in [5.74, 6) is -0.131. The van der Waals surface area contributed by atoms with Gasteiger partial charge in [0.25, 0.3) is 0 Å². The quantitative estimate of drug-likeness (QED) is 0.780. The lowest BCUT2D eigenvalue weighted by Crippen LogP contribution is -2.18. The Morgan fingerprint density at radius 1 is 1.00 bits per heavy atom. The molecule has 4 nitrogen and oxygen atoms in total. The third-order valence-electron chi connectivity index (χ3n) is 4.49. The molecule has 0 spiro atoms. The van der Waals surface area contributed by atoms with Gasteiger partial charge >= 0.3 is 0 Å². The number of rotatable bonds is 5. The zero-order valence-electron chi connectivity index (χ0n) is 13.7. The van der Waals surface area contributed by atoms with Crippen molar-refractivity contribution in [1.29, 1.82) is 0 Å². The fourth-order valence-electron chi connectivity index (χ4n) is 3.11. The maximum atomic E-state index is 12.5. The van der Waals surface area contributed by atoms with Crippen molar-refractivity contribution in [1.82, 2.24) is 0 Å². The first-order valence-corrected chi connectivity index (χ1v) is 10.7. The molecule has 0 aromatic heterocycles. The maximum absolute atomic E-state index is 12.5. The summed E-state index contributed by atoms with van der Waals surface area (Å²) in [4.78, 5) is 12.5. The van der Waals surface area contributed by atoms with Crippen LogP contribution in [0.15, 0.2) is 57.9 Å². The average molecular weight is 422 g/mol. The van der Waals surface area contributed by atoms with E-state index in [-0.39, 0.29) is 17.6 Å². The van der Waals surface area contributed by atoms with Crippen molar-refractivity contribution in [3.05, 3.63) is 58.6 Å². The summed E-state index contributed by atoms with van der Waals surface area (Å²) in [5.41, 5.74) is 1.52. The van der Waals surface area contributed by atoms with Crippen LogP contribution in [0.3, 0.4) is 0 Å². The van der Waals surface area contributed by atoms with Crippen LogP contribution >= 0.6 is 15.9 Å². The van der Waals surface area contributed by atoms with E-state index < -0.39 is 9.84 Å². The van der Waals surface area contributed by atoms with E-state index in [9.17, 15) is 13.2 Å². The van der Waals surface area contributed by atoms with Crippen molar-refractivity contribution in [3.63, 3.8) is 0 Å². The molecule has 25 heavy (non-hydrogen) atoms. The lowest BCUT2D eigenvalue weighted by molar-refractivity contribution is -0.115. The molecule has 132 valence electrons. The molecule has 0 saturated heterocycles. The second-order valence-electron chi connectivity index (χ2n) is 6.33. The molecule has 1 saturated carbocycles. The van der Waals surface area contributed by atoms with Crippen LogP contribution in [0.1, 0.15) is 31.2 Å². The Kier molecular flexibility index (Phi) is 5.59. The Bertz CT molecular complexity index is 839. The summed E-state index contributed by atoms with van der Waals surface area (Å²) >= 11 is 3.36. The van der Waals surface area contributed by atoms with Crippen LogP contribution in [0.5, 0.6) is 0 Å². The first kappa shape index (κ1) is 18.1. The van der Waals surface area contributed by atoms with Crippen molar-refractivity contribution in [2.45, 2.75) is 42.2 Å². The van der Waals surface area contributed by atoms with E-state index >= 15 is 0 Å². The highest BCUT2D eigenvalue weighted by Crippen LogP contribution is 2.30. The largest absolute Gasteiger partial charge is 0.326 e. The molecule has 0 atom stereocenters. The van der Waals surface area contributed by atoms with Crippen molar-refractivity contribution >= 4 is 37.4 Å². The molecule has 1 amide bonds. The van der Waals surface area contributed by atoms with Gasteiger partial charge in [-0.15, -0.1) is 0 Å². The van der Waals surface area contributed by atoms with Gasteiger partial charge in [0.2, 0.25) is 5.91 Å². The summed E-state index contributed by atoms with van der Waals surface area (Å²) < 4.78 is 26.1. The van der Waals surface area contributed by atoms with Crippen LogP contribution in [0.25, 0.3) is 0 Å². The van der Waals surface area contributed by atoms with Gasteiger partial charge in [-0.3, -0.25) is 4.79 Å². The maximum Gasteiger partial charge on any atom is 0.228 e. The van der Waals surface area contributed by atoms with E-state index in [2.05, 4.69) is 21.2 Å². The average Bonchev–Trinajstić information content (AvgIpc) is 3.13. The number of hydrogen-bond acceptors (Lipinski definition) is 3. The van der Waals surface area contributed by atoms with Gasteiger partial charge in [-0.2, -0.15) is 0 Å². The number of benzene rings is 2. The first-order chi connectivity index (χ1) is 11.9. The van der Waals surface area contributed by atoms with Gasteiger partial charge in [0.15, 0.2) is 9.84 Å². The minimum absolute atomic E-state index is 0.131. The molecule has 0 bridgehead atoms. The number of nitrogens with one attached hydrogen (secondary N) is 1. The molecular formula is C19H20BrNO3S. The Morgan fingerprint density at radius 2 is 1.60 bits per heavy atom. The van der Waals surface area contributed by atoms with Crippen molar-refractivity contribution in [3.8, 4) is 0 Å². The normalized spacial score (nSPS) is 15.2. The number of carbonyl (C=O) groups is 1. The number of amides is 1. The lowest BCUT2D eigenvalue weighted by Gasteiger charge is -2.12. The molecule has 1 fully saturated rings. The summed E-state index contributed by atoms with van der Waals surface area (Å²) in [6.45, 7) is 0. The number of halogens is 1. The van der Waals surface area contributed by atoms with Gasteiger partial charge in [-0.1, -0.05) is 40.9 Å². The predicted molar refractivity (Wildman–Crippen MR) is 102 cm³/mol. The standard InChI is InChI=1S/C19H20BrNO3S/c20-15-7-5-14(6-8-15)13-19(22)21-16-9-11-18(12-10-16)25(23,24)17-3-1-2-4-17/h5-12,17H,1-4,13H2,(H,21,22).